The number of aromatic nitrogens is 2. The first-order chi connectivity index (χ1) is 9.15. The van der Waals surface area contributed by atoms with Crippen LogP contribution in [0.3, 0.4) is 0 Å². The fraction of sp³-hybridized carbons (Fsp3) is 0.462. The van der Waals surface area contributed by atoms with Crippen molar-refractivity contribution in [3.8, 4) is 0 Å². The van der Waals surface area contributed by atoms with Crippen LogP contribution in [0.4, 0.5) is 5.82 Å². The van der Waals surface area contributed by atoms with Gasteiger partial charge in [-0.3, -0.25) is 0 Å². The molecular weight excluding hydrogens is 262 g/mol. The number of anilines is 1. The van der Waals surface area contributed by atoms with Crippen LogP contribution >= 0.6 is 11.3 Å². The van der Waals surface area contributed by atoms with Gasteiger partial charge in [-0.05, 0) is 18.9 Å². The van der Waals surface area contributed by atoms with Crippen LogP contribution in [-0.2, 0) is 0 Å². The minimum atomic E-state index is -0.905. The summed E-state index contributed by atoms with van der Waals surface area (Å²) in [7, 11) is 0. The molecule has 2 N–H and O–H groups in total. The highest BCUT2D eigenvalue weighted by molar-refractivity contribution is 7.20. The largest absolute Gasteiger partial charge is 0.477 e. The van der Waals surface area contributed by atoms with Gasteiger partial charge < -0.3 is 10.4 Å². The first-order valence-electron chi connectivity index (χ1n) is 6.36. The predicted octanol–water partition coefficient (Wildman–Crippen LogP) is 3.30. The van der Waals surface area contributed by atoms with Gasteiger partial charge in [0, 0.05) is 6.54 Å². The van der Waals surface area contributed by atoms with Gasteiger partial charge in [-0.2, -0.15) is 0 Å². The van der Waals surface area contributed by atoms with Gasteiger partial charge in [-0.15, -0.1) is 11.3 Å². The molecular formula is C13H17N3O2S. The Bertz CT molecular complexity index is 595. The van der Waals surface area contributed by atoms with Gasteiger partial charge in [-0.25, -0.2) is 14.8 Å². The molecule has 0 aliphatic carbocycles. The van der Waals surface area contributed by atoms with Gasteiger partial charge >= 0.3 is 5.97 Å². The number of aromatic carboxylic acids is 1. The quantitative estimate of drug-likeness (QED) is 0.793. The number of hydrogen-bond acceptors (Lipinski definition) is 5. The molecule has 0 aliphatic heterocycles. The van der Waals surface area contributed by atoms with E-state index in [-0.39, 0.29) is 0 Å². The fourth-order valence-corrected chi connectivity index (χ4v) is 2.98. The zero-order valence-electron chi connectivity index (χ0n) is 11.1. The number of unbranched alkanes of at least 4 members (excludes halogenated alkanes) is 2. The van der Waals surface area contributed by atoms with Gasteiger partial charge in [0.25, 0.3) is 0 Å². The Labute approximate surface area is 115 Å². The van der Waals surface area contributed by atoms with E-state index in [0.29, 0.717) is 4.88 Å². The highest BCUT2D eigenvalue weighted by Gasteiger charge is 2.18. The Hall–Kier alpha value is -1.69. The lowest BCUT2D eigenvalue weighted by Gasteiger charge is -2.06. The number of fused-ring (bicyclic) bond motifs is 1. The zero-order valence-corrected chi connectivity index (χ0v) is 11.9. The van der Waals surface area contributed by atoms with Crippen LogP contribution in [0.1, 0.15) is 41.4 Å². The SMILES string of the molecule is CCCCCNc1ncnc2sc(C(=O)O)c(C)c12. The Kier molecular flexibility index (Phi) is 4.31. The van der Waals surface area contributed by atoms with E-state index in [2.05, 4.69) is 22.2 Å². The number of carboxylic acid groups (broad SMARTS) is 1. The molecule has 0 saturated heterocycles. The summed E-state index contributed by atoms with van der Waals surface area (Å²) < 4.78 is 0. The number of aryl methyl sites for hydroxylation is 1. The number of nitrogens with one attached hydrogen (secondary N) is 1. The zero-order chi connectivity index (χ0) is 13.8. The third-order valence-electron chi connectivity index (χ3n) is 2.99. The van der Waals surface area contributed by atoms with Crippen LogP contribution in [0.15, 0.2) is 6.33 Å². The van der Waals surface area contributed by atoms with E-state index in [1.807, 2.05) is 6.92 Å². The average molecular weight is 279 g/mol. The van der Waals surface area contributed by atoms with E-state index in [9.17, 15) is 4.79 Å². The third-order valence-corrected chi connectivity index (χ3v) is 4.18. The van der Waals surface area contributed by atoms with Gasteiger partial charge in [0.15, 0.2) is 0 Å². The molecule has 6 heteroatoms. The highest BCUT2D eigenvalue weighted by Crippen LogP contribution is 2.33. The third kappa shape index (κ3) is 2.84. The summed E-state index contributed by atoms with van der Waals surface area (Å²) in [5, 5.41) is 13.3. The number of thiophene rings is 1. The molecule has 0 aliphatic rings. The molecule has 0 aromatic carbocycles. The molecule has 0 amide bonds. The second kappa shape index (κ2) is 5.97. The fourth-order valence-electron chi connectivity index (χ4n) is 1.99. The summed E-state index contributed by atoms with van der Waals surface area (Å²) >= 11 is 1.20. The minimum Gasteiger partial charge on any atom is -0.477 e. The molecule has 2 aromatic heterocycles. The summed E-state index contributed by atoms with van der Waals surface area (Å²) in [6.07, 6.45) is 4.90. The Morgan fingerprint density at radius 3 is 2.89 bits per heavy atom. The van der Waals surface area contributed by atoms with Gasteiger partial charge in [0.1, 0.15) is 21.9 Å². The molecule has 19 heavy (non-hydrogen) atoms. The Morgan fingerprint density at radius 1 is 1.42 bits per heavy atom. The second-order valence-corrected chi connectivity index (χ2v) is 5.40. The maximum Gasteiger partial charge on any atom is 0.346 e. The molecule has 0 spiro atoms. The molecule has 102 valence electrons. The summed E-state index contributed by atoms with van der Waals surface area (Å²) in [4.78, 5) is 20.6. The number of carbonyl (C=O) groups is 1. The van der Waals surface area contributed by atoms with Crippen molar-refractivity contribution in [2.24, 2.45) is 0 Å². The van der Waals surface area contributed by atoms with Crippen molar-refractivity contribution < 1.29 is 9.90 Å². The first-order valence-corrected chi connectivity index (χ1v) is 7.18. The Balaban J connectivity index is 2.31. The molecule has 0 atom stereocenters. The molecule has 5 nitrogen and oxygen atoms in total. The smallest absolute Gasteiger partial charge is 0.346 e. The van der Waals surface area contributed by atoms with Gasteiger partial charge in [-0.1, -0.05) is 19.8 Å². The van der Waals surface area contributed by atoms with Gasteiger partial charge in [0.2, 0.25) is 0 Å². The lowest BCUT2D eigenvalue weighted by atomic mass is 10.2. The maximum atomic E-state index is 11.1. The number of carboxylic acids is 1. The highest BCUT2D eigenvalue weighted by atomic mass is 32.1. The van der Waals surface area contributed by atoms with E-state index in [4.69, 9.17) is 5.11 Å². The standard InChI is InChI=1S/C13H17N3O2S/c1-3-4-5-6-14-11-9-8(2)10(13(17)18)19-12(9)16-7-15-11/h7H,3-6H2,1-2H3,(H,17,18)(H,14,15,16). The average Bonchev–Trinajstić information content (AvgIpc) is 2.73. The topological polar surface area (TPSA) is 75.1 Å². The molecule has 0 bridgehead atoms. The molecule has 0 unspecified atom stereocenters. The van der Waals surface area contributed by atoms with E-state index < -0.39 is 5.97 Å². The van der Waals surface area contributed by atoms with Crippen molar-refractivity contribution in [3.05, 3.63) is 16.8 Å². The minimum absolute atomic E-state index is 0.340. The molecule has 2 rings (SSSR count). The van der Waals surface area contributed by atoms with Gasteiger partial charge in [0.05, 0.1) is 5.39 Å². The van der Waals surface area contributed by atoms with Crippen LogP contribution in [0.5, 0.6) is 0 Å². The van der Waals surface area contributed by atoms with Crippen LogP contribution in [0, 0.1) is 6.92 Å². The normalized spacial score (nSPS) is 10.8. The van der Waals surface area contributed by atoms with E-state index in [1.165, 1.54) is 30.5 Å². The maximum absolute atomic E-state index is 11.1. The van der Waals surface area contributed by atoms with Crippen LogP contribution < -0.4 is 5.32 Å². The van der Waals surface area contributed by atoms with Crippen molar-refractivity contribution in [2.75, 3.05) is 11.9 Å². The van der Waals surface area contributed by atoms with Crippen molar-refractivity contribution in [1.29, 1.82) is 0 Å². The van der Waals surface area contributed by atoms with E-state index >= 15 is 0 Å². The molecule has 0 saturated carbocycles. The molecule has 0 fully saturated rings. The van der Waals surface area contributed by atoms with E-state index in [0.717, 1.165) is 34.6 Å². The number of nitrogens with zero attached hydrogens (tertiary/aromatic N) is 2. The Morgan fingerprint density at radius 2 is 2.21 bits per heavy atom. The molecule has 2 heterocycles. The first kappa shape index (κ1) is 13.7. The van der Waals surface area contributed by atoms with E-state index in [1.54, 1.807) is 0 Å². The van der Waals surface area contributed by atoms with Crippen molar-refractivity contribution in [2.45, 2.75) is 33.1 Å². The number of rotatable bonds is 6. The lowest BCUT2D eigenvalue weighted by molar-refractivity contribution is 0.0701. The summed E-state index contributed by atoms with van der Waals surface area (Å²) in [6.45, 7) is 4.81. The van der Waals surface area contributed by atoms with Crippen LogP contribution in [0.2, 0.25) is 0 Å². The van der Waals surface area contributed by atoms with Crippen molar-refractivity contribution >= 4 is 33.3 Å². The van der Waals surface area contributed by atoms with Crippen LogP contribution in [0.25, 0.3) is 10.2 Å². The summed E-state index contributed by atoms with van der Waals surface area (Å²) in [5.41, 5.74) is 0.742. The molecule has 2 aromatic rings. The summed E-state index contributed by atoms with van der Waals surface area (Å²) in [6, 6.07) is 0. The monoisotopic (exact) mass is 279 g/mol. The predicted molar refractivity (Wildman–Crippen MR) is 77.1 cm³/mol. The molecule has 0 radical (unpaired) electrons. The van der Waals surface area contributed by atoms with Crippen molar-refractivity contribution in [3.63, 3.8) is 0 Å². The summed E-state index contributed by atoms with van der Waals surface area (Å²) in [5.74, 6) is -0.167. The number of hydrogen-bond donors (Lipinski definition) is 2. The van der Waals surface area contributed by atoms with Crippen molar-refractivity contribution in [1.82, 2.24) is 9.97 Å². The second-order valence-electron chi connectivity index (χ2n) is 4.40. The lowest BCUT2D eigenvalue weighted by Crippen LogP contribution is -2.04. The van der Waals surface area contributed by atoms with Crippen LogP contribution in [-0.4, -0.2) is 27.6 Å².